The largest absolute Gasteiger partial charge is 0.489 e. The van der Waals surface area contributed by atoms with Gasteiger partial charge in [0.15, 0.2) is 6.61 Å². The minimum atomic E-state index is -1.04. The van der Waals surface area contributed by atoms with Gasteiger partial charge in [0, 0.05) is 11.6 Å². The molecule has 8 nitrogen and oxygen atoms in total. The van der Waals surface area contributed by atoms with Crippen LogP contribution in [0.15, 0.2) is 72.8 Å². The number of carboxylic acid groups (broad SMARTS) is 1. The Balaban J connectivity index is 1.58. The highest BCUT2D eigenvalue weighted by Crippen LogP contribution is 2.21. The Morgan fingerprint density at radius 1 is 0.923 bits per heavy atom. The highest BCUT2D eigenvalue weighted by Gasteiger charge is 2.24. The average molecular weight is 556 g/mol. The summed E-state index contributed by atoms with van der Waals surface area (Å²) in [5, 5.41) is 20.0. The molecule has 3 aromatic rings. The molecule has 0 saturated heterocycles. The number of halogens is 1. The molecule has 0 bridgehead atoms. The Morgan fingerprint density at radius 2 is 1.64 bits per heavy atom. The Hall–Kier alpha value is -3.75. The molecule has 9 heteroatoms. The van der Waals surface area contributed by atoms with Crippen LogP contribution in [-0.2, 0) is 22.6 Å². The van der Waals surface area contributed by atoms with Crippen LogP contribution in [0.5, 0.6) is 11.5 Å². The summed E-state index contributed by atoms with van der Waals surface area (Å²) in [5.41, 5.74) is 1.78. The quantitative estimate of drug-likeness (QED) is 0.287. The molecule has 3 rings (SSSR count). The van der Waals surface area contributed by atoms with E-state index in [2.05, 4.69) is 0 Å². The second kappa shape index (κ2) is 13.9. The van der Waals surface area contributed by atoms with Crippen LogP contribution in [-0.4, -0.2) is 52.5 Å². The molecule has 39 heavy (non-hydrogen) atoms. The summed E-state index contributed by atoms with van der Waals surface area (Å²) >= 11 is 6.06. The van der Waals surface area contributed by atoms with E-state index in [0.717, 1.165) is 11.1 Å². The zero-order valence-electron chi connectivity index (χ0n) is 22.3. The van der Waals surface area contributed by atoms with Crippen molar-refractivity contribution in [3.63, 3.8) is 0 Å². The van der Waals surface area contributed by atoms with Gasteiger partial charge in [0.05, 0.1) is 12.6 Å². The molecule has 0 unspecified atom stereocenters. The van der Waals surface area contributed by atoms with E-state index in [-0.39, 0.29) is 13.2 Å². The zero-order valence-corrected chi connectivity index (χ0v) is 23.1. The second-order valence-corrected chi connectivity index (χ2v) is 10.4. The highest BCUT2D eigenvalue weighted by atomic mass is 35.5. The fraction of sp³-hybridized carbons (Fsp3) is 0.333. The predicted molar refractivity (Wildman–Crippen MR) is 148 cm³/mol. The second-order valence-electron chi connectivity index (χ2n) is 10.0. The summed E-state index contributed by atoms with van der Waals surface area (Å²) in [7, 11) is 0. The lowest BCUT2D eigenvalue weighted by Gasteiger charge is -2.29. The van der Waals surface area contributed by atoms with Crippen LogP contribution >= 0.6 is 11.6 Å². The van der Waals surface area contributed by atoms with Gasteiger partial charge in [-0.3, -0.25) is 0 Å². The number of aliphatic hydroxyl groups excluding tert-OH is 1. The van der Waals surface area contributed by atoms with E-state index in [0.29, 0.717) is 35.1 Å². The number of carbonyl (C=O) groups is 2. The van der Waals surface area contributed by atoms with E-state index in [1.807, 2.05) is 30.3 Å². The number of rotatable bonds is 12. The number of aliphatic hydroxyl groups is 1. The van der Waals surface area contributed by atoms with Crippen molar-refractivity contribution in [1.29, 1.82) is 0 Å². The van der Waals surface area contributed by atoms with Crippen LogP contribution in [0.3, 0.4) is 0 Å². The van der Waals surface area contributed by atoms with Gasteiger partial charge in [0.2, 0.25) is 0 Å². The van der Waals surface area contributed by atoms with Crippen molar-refractivity contribution >= 4 is 23.7 Å². The smallest absolute Gasteiger partial charge is 0.410 e. The molecule has 0 radical (unpaired) electrons. The number of aliphatic carboxylic acids is 1. The lowest BCUT2D eigenvalue weighted by Crippen LogP contribution is -2.40. The van der Waals surface area contributed by atoms with E-state index in [1.54, 1.807) is 63.2 Å². The van der Waals surface area contributed by atoms with Crippen LogP contribution < -0.4 is 9.47 Å². The molecule has 0 heterocycles. The van der Waals surface area contributed by atoms with Crippen molar-refractivity contribution in [2.24, 2.45) is 0 Å². The third kappa shape index (κ3) is 10.5. The number of hydrogen-bond donors (Lipinski definition) is 2. The number of hydrogen-bond acceptors (Lipinski definition) is 6. The van der Waals surface area contributed by atoms with Crippen LogP contribution in [0, 0.1) is 0 Å². The molecule has 0 spiro atoms. The maximum Gasteiger partial charge on any atom is 0.410 e. The molecule has 0 aliphatic heterocycles. The first kappa shape index (κ1) is 29.8. The van der Waals surface area contributed by atoms with Crippen LogP contribution in [0.25, 0.3) is 0 Å². The first-order valence-electron chi connectivity index (χ1n) is 12.6. The van der Waals surface area contributed by atoms with Gasteiger partial charge in [-0.2, -0.15) is 0 Å². The monoisotopic (exact) mass is 555 g/mol. The summed E-state index contributed by atoms with van der Waals surface area (Å²) in [4.78, 5) is 25.1. The molecule has 0 fully saturated rings. The standard InChI is InChI=1S/C30H34ClNO7/c1-30(2,3)39-29(36)32(18-27(33)23-7-5-8-24(31)17-23)15-14-21-10-12-25(13-11-21)37-19-22-6-4-9-26(16-22)38-20-28(34)35/h4-13,16-17,27,33H,14-15,18-20H2,1-3H3,(H,34,35)/t27-/m1/s1. The Labute approximate surface area is 233 Å². The van der Waals surface area contributed by atoms with Crippen molar-refractivity contribution in [1.82, 2.24) is 4.90 Å². The van der Waals surface area contributed by atoms with Gasteiger partial charge >= 0.3 is 12.1 Å². The fourth-order valence-electron chi connectivity index (χ4n) is 3.66. The molecule has 0 aliphatic rings. The minimum absolute atomic E-state index is 0.0612. The van der Waals surface area contributed by atoms with E-state index in [4.69, 9.17) is 30.9 Å². The highest BCUT2D eigenvalue weighted by molar-refractivity contribution is 6.30. The van der Waals surface area contributed by atoms with Gasteiger partial charge in [-0.05, 0) is 80.3 Å². The molecular weight excluding hydrogens is 522 g/mol. The normalized spacial score (nSPS) is 11.9. The van der Waals surface area contributed by atoms with Gasteiger partial charge in [0.25, 0.3) is 0 Å². The van der Waals surface area contributed by atoms with Gasteiger partial charge in [0.1, 0.15) is 23.7 Å². The topological polar surface area (TPSA) is 106 Å². The molecule has 3 aromatic carbocycles. The number of carboxylic acids is 1. The minimum Gasteiger partial charge on any atom is -0.489 e. The van der Waals surface area contributed by atoms with Crippen LogP contribution in [0.4, 0.5) is 4.79 Å². The Kier molecular flexibility index (Phi) is 10.6. The zero-order chi connectivity index (χ0) is 28.4. The number of ether oxygens (including phenoxy) is 3. The molecule has 2 N–H and O–H groups in total. The number of carbonyl (C=O) groups excluding carboxylic acids is 1. The lowest BCUT2D eigenvalue weighted by atomic mass is 10.1. The fourth-order valence-corrected chi connectivity index (χ4v) is 3.86. The summed E-state index contributed by atoms with van der Waals surface area (Å²) < 4.78 is 16.6. The van der Waals surface area contributed by atoms with Crippen molar-refractivity contribution in [3.8, 4) is 11.5 Å². The molecule has 0 aliphatic carbocycles. The van der Waals surface area contributed by atoms with Gasteiger partial charge in [-0.1, -0.05) is 48.0 Å². The number of amides is 1. The van der Waals surface area contributed by atoms with E-state index in [9.17, 15) is 14.7 Å². The third-order valence-corrected chi connectivity index (χ3v) is 5.77. The first-order valence-corrected chi connectivity index (χ1v) is 12.9. The summed E-state index contributed by atoms with van der Waals surface area (Å²) in [6.07, 6.45) is -0.872. The molecule has 1 atom stereocenters. The Morgan fingerprint density at radius 3 is 2.31 bits per heavy atom. The van der Waals surface area contributed by atoms with Crippen molar-refractivity contribution in [2.75, 3.05) is 19.7 Å². The van der Waals surface area contributed by atoms with E-state index >= 15 is 0 Å². The van der Waals surface area contributed by atoms with Gasteiger partial charge in [-0.15, -0.1) is 0 Å². The van der Waals surface area contributed by atoms with Gasteiger partial charge < -0.3 is 29.3 Å². The lowest BCUT2D eigenvalue weighted by molar-refractivity contribution is -0.139. The van der Waals surface area contributed by atoms with Crippen molar-refractivity contribution in [3.05, 3.63) is 94.5 Å². The number of nitrogens with zero attached hydrogens (tertiary/aromatic N) is 1. The summed E-state index contributed by atoms with van der Waals surface area (Å²) in [6.45, 7) is 5.69. The van der Waals surface area contributed by atoms with Crippen molar-refractivity contribution in [2.45, 2.75) is 45.5 Å². The predicted octanol–water partition coefficient (Wildman–Crippen LogP) is 5.90. The number of benzene rings is 3. The Bertz CT molecular complexity index is 1240. The summed E-state index contributed by atoms with van der Waals surface area (Å²) in [6, 6.07) is 21.5. The van der Waals surface area contributed by atoms with E-state index in [1.165, 1.54) is 4.90 Å². The van der Waals surface area contributed by atoms with E-state index < -0.39 is 30.4 Å². The molecule has 208 valence electrons. The molecule has 0 saturated carbocycles. The first-order chi connectivity index (χ1) is 18.5. The van der Waals surface area contributed by atoms with Crippen molar-refractivity contribution < 1.29 is 34.0 Å². The summed E-state index contributed by atoms with van der Waals surface area (Å²) in [5.74, 6) is 0.0862. The maximum absolute atomic E-state index is 12.9. The third-order valence-electron chi connectivity index (χ3n) is 5.54. The average Bonchev–Trinajstić information content (AvgIpc) is 2.88. The van der Waals surface area contributed by atoms with Gasteiger partial charge in [-0.25, -0.2) is 9.59 Å². The molecular formula is C30H34ClNO7. The maximum atomic E-state index is 12.9. The molecule has 0 aromatic heterocycles. The van der Waals surface area contributed by atoms with Crippen LogP contribution in [0.2, 0.25) is 5.02 Å². The molecule has 1 amide bonds. The van der Waals surface area contributed by atoms with Crippen LogP contribution in [0.1, 0.15) is 43.6 Å². The SMILES string of the molecule is CC(C)(C)OC(=O)N(CCc1ccc(OCc2cccc(OCC(=O)O)c2)cc1)C[C@@H](O)c1cccc(Cl)c1.